The van der Waals surface area contributed by atoms with Gasteiger partial charge in [0.15, 0.2) is 17.6 Å². The highest BCUT2D eigenvalue weighted by Crippen LogP contribution is 2.28. The zero-order valence-electron chi connectivity index (χ0n) is 19.4. The zero-order valence-corrected chi connectivity index (χ0v) is 20.2. The Morgan fingerprint density at radius 3 is 2.51 bits per heavy atom. The van der Waals surface area contributed by atoms with Gasteiger partial charge in [-0.2, -0.15) is 5.10 Å². The van der Waals surface area contributed by atoms with E-state index >= 15 is 0 Å². The predicted molar refractivity (Wildman–Crippen MR) is 139 cm³/mol. The standard InChI is InChI=1S/C28H25ClN2O4/c1-19(35-25-13-10-22-5-3-4-6-23(22)16-25)28(32)31-30-17-21-9-14-26(27(15-21)33-2)34-18-20-7-11-24(29)12-8-20/h3-17,19H,18H2,1-2H3,(H,31,32). The van der Waals surface area contributed by atoms with Crippen LogP contribution in [0.4, 0.5) is 0 Å². The lowest BCUT2D eigenvalue weighted by molar-refractivity contribution is -0.127. The Balaban J connectivity index is 1.32. The van der Waals surface area contributed by atoms with E-state index in [1.54, 1.807) is 26.2 Å². The highest BCUT2D eigenvalue weighted by atomic mass is 35.5. The number of benzene rings is 4. The molecule has 0 heterocycles. The molecule has 1 unspecified atom stereocenters. The fourth-order valence-electron chi connectivity index (χ4n) is 3.39. The summed E-state index contributed by atoms with van der Waals surface area (Å²) in [5, 5.41) is 6.88. The van der Waals surface area contributed by atoms with Crippen molar-refractivity contribution in [3.8, 4) is 17.2 Å². The Hall–Kier alpha value is -4.03. The van der Waals surface area contributed by atoms with Crippen molar-refractivity contribution in [3.05, 3.63) is 101 Å². The molecular formula is C28H25ClN2O4. The van der Waals surface area contributed by atoms with Gasteiger partial charge in [0.25, 0.3) is 5.91 Å². The van der Waals surface area contributed by atoms with Crippen LogP contribution in [0.15, 0.2) is 90.0 Å². The number of hydrazone groups is 1. The molecule has 1 atom stereocenters. The van der Waals surface area contributed by atoms with Gasteiger partial charge in [-0.15, -0.1) is 0 Å². The van der Waals surface area contributed by atoms with Crippen molar-refractivity contribution in [1.82, 2.24) is 5.43 Å². The van der Waals surface area contributed by atoms with Crippen molar-refractivity contribution in [2.75, 3.05) is 7.11 Å². The number of nitrogens with zero attached hydrogens (tertiary/aromatic N) is 1. The molecule has 0 aromatic heterocycles. The molecule has 0 saturated heterocycles. The molecule has 1 amide bonds. The van der Waals surface area contributed by atoms with Crippen LogP contribution in [-0.4, -0.2) is 25.3 Å². The molecule has 0 fully saturated rings. The topological polar surface area (TPSA) is 69.2 Å². The molecule has 4 aromatic carbocycles. The maximum absolute atomic E-state index is 12.4. The molecule has 6 nitrogen and oxygen atoms in total. The first-order valence-electron chi connectivity index (χ1n) is 11.1. The average molecular weight is 489 g/mol. The van der Waals surface area contributed by atoms with Crippen molar-refractivity contribution in [2.24, 2.45) is 5.10 Å². The summed E-state index contributed by atoms with van der Waals surface area (Å²) in [5.41, 5.74) is 4.24. The summed E-state index contributed by atoms with van der Waals surface area (Å²) < 4.78 is 17.1. The van der Waals surface area contributed by atoms with E-state index in [9.17, 15) is 4.79 Å². The summed E-state index contributed by atoms with van der Waals surface area (Å²) in [6.45, 7) is 2.06. The number of methoxy groups -OCH3 is 1. The summed E-state index contributed by atoms with van der Waals surface area (Å²) in [6.07, 6.45) is 0.818. The molecule has 0 saturated carbocycles. The fraction of sp³-hybridized carbons (Fsp3) is 0.143. The van der Waals surface area contributed by atoms with Gasteiger partial charge >= 0.3 is 0 Å². The van der Waals surface area contributed by atoms with Crippen LogP contribution in [0.1, 0.15) is 18.1 Å². The number of amides is 1. The van der Waals surface area contributed by atoms with Gasteiger partial charge in [-0.1, -0.05) is 54.1 Å². The molecular weight excluding hydrogens is 464 g/mol. The van der Waals surface area contributed by atoms with Crippen LogP contribution >= 0.6 is 11.6 Å². The van der Waals surface area contributed by atoms with Gasteiger partial charge in [-0.25, -0.2) is 5.43 Å². The Labute approximate surface area is 209 Å². The number of hydrogen-bond donors (Lipinski definition) is 1. The Kier molecular flexibility index (Phi) is 7.85. The Morgan fingerprint density at radius 2 is 1.74 bits per heavy atom. The SMILES string of the molecule is COc1cc(C=NNC(=O)C(C)Oc2ccc3ccccc3c2)ccc1OCc1ccc(Cl)cc1. The second-order valence-corrected chi connectivity index (χ2v) is 8.27. The van der Waals surface area contributed by atoms with Crippen LogP contribution in [0, 0.1) is 0 Å². The van der Waals surface area contributed by atoms with Crippen molar-refractivity contribution in [1.29, 1.82) is 0 Å². The highest BCUT2D eigenvalue weighted by Gasteiger charge is 2.14. The van der Waals surface area contributed by atoms with Crippen LogP contribution in [-0.2, 0) is 11.4 Å². The van der Waals surface area contributed by atoms with Gasteiger partial charge in [-0.05, 0) is 71.3 Å². The second kappa shape index (κ2) is 11.4. The van der Waals surface area contributed by atoms with E-state index in [1.165, 1.54) is 6.21 Å². The van der Waals surface area contributed by atoms with Crippen LogP contribution in [0.3, 0.4) is 0 Å². The summed E-state index contributed by atoms with van der Waals surface area (Å²) >= 11 is 5.92. The second-order valence-electron chi connectivity index (χ2n) is 7.83. The average Bonchev–Trinajstić information content (AvgIpc) is 2.88. The van der Waals surface area contributed by atoms with Gasteiger partial charge in [0, 0.05) is 5.02 Å². The molecule has 0 spiro atoms. The van der Waals surface area contributed by atoms with Crippen molar-refractivity contribution in [3.63, 3.8) is 0 Å². The van der Waals surface area contributed by atoms with E-state index in [0.29, 0.717) is 28.9 Å². The monoisotopic (exact) mass is 488 g/mol. The number of halogens is 1. The first kappa shape index (κ1) is 24.1. The maximum atomic E-state index is 12.4. The van der Waals surface area contributed by atoms with Gasteiger partial charge in [0.05, 0.1) is 13.3 Å². The first-order valence-corrected chi connectivity index (χ1v) is 11.4. The molecule has 4 aromatic rings. The Bertz CT molecular complexity index is 1340. The number of nitrogens with one attached hydrogen (secondary N) is 1. The third-order valence-corrected chi connectivity index (χ3v) is 5.54. The predicted octanol–water partition coefficient (Wildman–Crippen LogP) is 6.00. The van der Waals surface area contributed by atoms with Gasteiger partial charge in [0.1, 0.15) is 12.4 Å². The minimum atomic E-state index is -0.716. The van der Waals surface area contributed by atoms with Crippen molar-refractivity contribution >= 4 is 34.5 Å². The van der Waals surface area contributed by atoms with Crippen molar-refractivity contribution in [2.45, 2.75) is 19.6 Å². The van der Waals surface area contributed by atoms with E-state index in [1.807, 2.05) is 72.8 Å². The van der Waals surface area contributed by atoms with Crippen LogP contribution in [0.5, 0.6) is 17.2 Å². The minimum absolute atomic E-state index is 0.357. The maximum Gasteiger partial charge on any atom is 0.280 e. The van der Waals surface area contributed by atoms with E-state index in [0.717, 1.165) is 21.9 Å². The third-order valence-electron chi connectivity index (χ3n) is 5.29. The molecule has 178 valence electrons. The molecule has 35 heavy (non-hydrogen) atoms. The van der Waals surface area contributed by atoms with Gasteiger partial charge < -0.3 is 14.2 Å². The number of carbonyl (C=O) groups excluding carboxylic acids is 1. The smallest absolute Gasteiger partial charge is 0.280 e. The quantitative estimate of drug-likeness (QED) is 0.232. The lowest BCUT2D eigenvalue weighted by Crippen LogP contribution is -2.33. The molecule has 0 aliphatic heterocycles. The highest BCUT2D eigenvalue weighted by molar-refractivity contribution is 6.30. The molecule has 0 radical (unpaired) electrons. The van der Waals surface area contributed by atoms with E-state index in [4.69, 9.17) is 25.8 Å². The zero-order chi connectivity index (χ0) is 24.6. The number of carbonyl (C=O) groups is 1. The van der Waals surface area contributed by atoms with Crippen LogP contribution < -0.4 is 19.6 Å². The fourth-order valence-corrected chi connectivity index (χ4v) is 3.51. The molecule has 0 aliphatic carbocycles. The van der Waals surface area contributed by atoms with Gasteiger partial charge in [-0.3, -0.25) is 4.79 Å². The van der Waals surface area contributed by atoms with E-state index < -0.39 is 6.10 Å². The number of fused-ring (bicyclic) bond motifs is 1. The number of hydrogen-bond acceptors (Lipinski definition) is 5. The summed E-state index contributed by atoms with van der Waals surface area (Å²) in [6, 6.07) is 26.5. The summed E-state index contributed by atoms with van der Waals surface area (Å²) in [7, 11) is 1.57. The van der Waals surface area contributed by atoms with Gasteiger partial charge in [0.2, 0.25) is 0 Å². The molecule has 7 heteroatoms. The van der Waals surface area contributed by atoms with E-state index in [2.05, 4.69) is 10.5 Å². The lowest BCUT2D eigenvalue weighted by atomic mass is 10.1. The third kappa shape index (κ3) is 6.52. The molecule has 4 rings (SSSR count). The Morgan fingerprint density at radius 1 is 0.971 bits per heavy atom. The lowest BCUT2D eigenvalue weighted by Gasteiger charge is -2.13. The minimum Gasteiger partial charge on any atom is -0.493 e. The largest absolute Gasteiger partial charge is 0.493 e. The molecule has 1 N–H and O–H groups in total. The molecule has 0 aliphatic rings. The molecule has 0 bridgehead atoms. The van der Waals surface area contributed by atoms with E-state index in [-0.39, 0.29) is 5.91 Å². The van der Waals surface area contributed by atoms with Crippen LogP contribution in [0.25, 0.3) is 10.8 Å². The summed E-state index contributed by atoms with van der Waals surface area (Å²) in [4.78, 5) is 12.4. The number of rotatable bonds is 9. The summed E-state index contributed by atoms with van der Waals surface area (Å²) in [5.74, 6) is 1.42. The van der Waals surface area contributed by atoms with Crippen molar-refractivity contribution < 1.29 is 19.0 Å². The van der Waals surface area contributed by atoms with Crippen LogP contribution in [0.2, 0.25) is 5.02 Å². The first-order chi connectivity index (χ1) is 17.0. The normalized spacial score (nSPS) is 11.9. The number of ether oxygens (including phenoxy) is 3.